The molecule has 2 heteroatoms. The third-order valence-corrected chi connectivity index (χ3v) is 1.25. The Hall–Kier alpha value is -0.0800. The summed E-state index contributed by atoms with van der Waals surface area (Å²) >= 11 is 0. The highest BCUT2D eigenvalue weighted by molar-refractivity contribution is 4.61. The van der Waals surface area contributed by atoms with E-state index in [1.54, 1.807) is 0 Å². The van der Waals surface area contributed by atoms with Crippen LogP contribution in [0.1, 0.15) is 27.2 Å². The van der Waals surface area contributed by atoms with E-state index in [1.807, 2.05) is 6.92 Å². The molecule has 0 aromatic heterocycles. The Labute approximate surface area is 57.3 Å². The molecule has 0 amide bonds. The minimum absolute atomic E-state index is 0.181. The molecule has 2 atom stereocenters. The van der Waals surface area contributed by atoms with E-state index in [9.17, 15) is 0 Å². The maximum Gasteiger partial charge on any atom is 0.0526 e. The van der Waals surface area contributed by atoms with Gasteiger partial charge in [-0.25, -0.2) is 0 Å². The van der Waals surface area contributed by atoms with Gasteiger partial charge in [0.05, 0.1) is 6.10 Å². The van der Waals surface area contributed by atoms with Crippen molar-refractivity contribution in [2.75, 3.05) is 6.54 Å². The highest BCUT2D eigenvalue weighted by Gasteiger charge is 2.02. The van der Waals surface area contributed by atoms with E-state index >= 15 is 0 Å². The molecule has 0 aliphatic carbocycles. The molecule has 56 valence electrons. The number of hydrogen-bond acceptors (Lipinski definition) is 2. The highest BCUT2D eigenvalue weighted by atomic mass is 16.3. The van der Waals surface area contributed by atoms with Gasteiger partial charge in [0.2, 0.25) is 0 Å². The van der Waals surface area contributed by atoms with Gasteiger partial charge in [0.15, 0.2) is 0 Å². The van der Waals surface area contributed by atoms with E-state index in [-0.39, 0.29) is 6.10 Å². The first kappa shape index (κ1) is 8.92. The fourth-order valence-corrected chi connectivity index (χ4v) is 0.943. The van der Waals surface area contributed by atoms with Crippen molar-refractivity contribution in [1.82, 2.24) is 5.32 Å². The van der Waals surface area contributed by atoms with Crippen LogP contribution in [0.4, 0.5) is 0 Å². The second-order valence-electron chi connectivity index (χ2n) is 2.54. The number of aliphatic hydroxyl groups is 1. The van der Waals surface area contributed by atoms with Gasteiger partial charge in [-0.1, -0.05) is 6.92 Å². The molecule has 0 spiro atoms. The average molecular weight is 131 g/mol. The highest BCUT2D eigenvalue weighted by Crippen LogP contribution is 1.94. The number of aliphatic hydroxyl groups excluding tert-OH is 1. The Kier molecular flexibility index (Phi) is 4.72. The second-order valence-corrected chi connectivity index (χ2v) is 2.54. The third kappa shape index (κ3) is 5.80. The van der Waals surface area contributed by atoms with Gasteiger partial charge in [-0.3, -0.25) is 0 Å². The third-order valence-electron chi connectivity index (χ3n) is 1.25. The summed E-state index contributed by atoms with van der Waals surface area (Å²) in [5, 5.41) is 12.1. The Morgan fingerprint density at radius 2 is 2.00 bits per heavy atom. The predicted molar refractivity (Wildman–Crippen MR) is 39.4 cm³/mol. The van der Waals surface area contributed by atoms with Gasteiger partial charge in [0.25, 0.3) is 0 Å². The molecule has 0 heterocycles. The lowest BCUT2D eigenvalue weighted by Gasteiger charge is -2.12. The molecule has 0 bridgehead atoms. The van der Waals surface area contributed by atoms with Crippen molar-refractivity contribution in [3.63, 3.8) is 0 Å². The summed E-state index contributed by atoms with van der Waals surface area (Å²) in [6, 6.07) is 0.440. The summed E-state index contributed by atoms with van der Waals surface area (Å²) in [5.41, 5.74) is 0. The molecule has 0 saturated heterocycles. The van der Waals surface area contributed by atoms with Gasteiger partial charge in [-0.05, 0) is 26.8 Å². The lowest BCUT2D eigenvalue weighted by molar-refractivity contribution is 0.171. The molecule has 0 rings (SSSR count). The molecule has 0 fully saturated rings. The van der Waals surface area contributed by atoms with Gasteiger partial charge in [0.1, 0.15) is 0 Å². The Bertz CT molecular complexity index is 63.9. The molecule has 0 aliphatic heterocycles. The van der Waals surface area contributed by atoms with Crippen LogP contribution in [0.25, 0.3) is 0 Å². The minimum Gasteiger partial charge on any atom is -0.393 e. The summed E-state index contributed by atoms with van der Waals surface area (Å²) in [4.78, 5) is 0. The first-order valence-corrected chi connectivity index (χ1v) is 3.58. The molecule has 2 unspecified atom stereocenters. The van der Waals surface area contributed by atoms with Gasteiger partial charge in [-0.2, -0.15) is 0 Å². The Balaban J connectivity index is 3.15. The Morgan fingerprint density at radius 3 is 2.33 bits per heavy atom. The van der Waals surface area contributed by atoms with E-state index in [0.717, 1.165) is 13.0 Å². The zero-order valence-electron chi connectivity index (χ0n) is 6.52. The first-order valence-electron chi connectivity index (χ1n) is 3.58. The van der Waals surface area contributed by atoms with Crippen molar-refractivity contribution in [3.8, 4) is 0 Å². The Morgan fingerprint density at radius 1 is 1.44 bits per heavy atom. The van der Waals surface area contributed by atoms with Crippen molar-refractivity contribution in [2.45, 2.75) is 39.3 Å². The summed E-state index contributed by atoms with van der Waals surface area (Å²) in [5.74, 6) is 0. The van der Waals surface area contributed by atoms with Crippen LogP contribution < -0.4 is 5.32 Å². The van der Waals surface area contributed by atoms with E-state index in [4.69, 9.17) is 5.11 Å². The summed E-state index contributed by atoms with van der Waals surface area (Å²) in [6.45, 7) is 6.94. The summed E-state index contributed by atoms with van der Waals surface area (Å²) < 4.78 is 0. The van der Waals surface area contributed by atoms with Crippen molar-refractivity contribution in [3.05, 3.63) is 0 Å². The molecule has 9 heavy (non-hydrogen) atoms. The van der Waals surface area contributed by atoms with Crippen LogP contribution in [-0.4, -0.2) is 23.8 Å². The maximum atomic E-state index is 8.91. The summed E-state index contributed by atoms with van der Waals surface area (Å²) in [6.07, 6.45) is 0.660. The largest absolute Gasteiger partial charge is 0.393 e. The molecule has 0 aliphatic rings. The smallest absolute Gasteiger partial charge is 0.0526 e. The van der Waals surface area contributed by atoms with Crippen LogP contribution in [0, 0.1) is 0 Å². The first-order chi connectivity index (χ1) is 4.16. The van der Waals surface area contributed by atoms with E-state index < -0.39 is 0 Å². The maximum absolute atomic E-state index is 8.91. The van der Waals surface area contributed by atoms with Gasteiger partial charge in [-0.15, -0.1) is 0 Å². The van der Waals surface area contributed by atoms with Crippen molar-refractivity contribution in [2.24, 2.45) is 0 Å². The van der Waals surface area contributed by atoms with Crippen LogP contribution in [-0.2, 0) is 0 Å². The molecular weight excluding hydrogens is 114 g/mol. The molecule has 2 N–H and O–H groups in total. The fourth-order valence-electron chi connectivity index (χ4n) is 0.943. The molecular formula is C7H17NO. The van der Waals surface area contributed by atoms with E-state index in [1.165, 1.54) is 0 Å². The van der Waals surface area contributed by atoms with Crippen LogP contribution in [0.2, 0.25) is 0 Å². The molecule has 0 saturated carbocycles. The van der Waals surface area contributed by atoms with Gasteiger partial charge in [0, 0.05) is 6.04 Å². The van der Waals surface area contributed by atoms with E-state index in [0.29, 0.717) is 6.04 Å². The van der Waals surface area contributed by atoms with Crippen LogP contribution in [0.3, 0.4) is 0 Å². The normalized spacial score (nSPS) is 17.3. The van der Waals surface area contributed by atoms with Crippen molar-refractivity contribution < 1.29 is 5.11 Å². The summed E-state index contributed by atoms with van der Waals surface area (Å²) in [7, 11) is 0. The molecule has 0 aromatic rings. The van der Waals surface area contributed by atoms with Crippen LogP contribution in [0.15, 0.2) is 0 Å². The zero-order chi connectivity index (χ0) is 7.28. The quantitative estimate of drug-likeness (QED) is 0.590. The van der Waals surface area contributed by atoms with Crippen molar-refractivity contribution >= 4 is 0 Å². The average Bonchev–Trinajstić information content (AvgIpc) is 1.63. The standard InChI is InChI=1S/C7H17NO/c1-4-8-6(2)5-7(3)9/h6-9H,4-5H2,1-3H3. The SMILES string of the molecule is CCNC(C)CC(C)O. The lowest BCUT2D eigenvalue weighted by atomic mass is 10.1. The second kappa shape index (κ2) is 4.77. The molecule has 0 radical (unpaired) electrons. The topological polar surface area (TPSA) is 32.3 Å². The predicted octanol–water partition coefficient (Wildman–Crippen LogP) is 0.755. The van der Waals surface area contributed by atoms with Gasteiger partial charge < -0.3 is 10.4 Å². The minimum atomic E-state index is -0.181. The molecule has 0 aromatic carbocycles. The van der Waals surface area contributed by atoms with E-state index in [2.05, 4.69) is 19.2 Å². The monoisotopic (exact) mass is 131 g/mol. The number of nitrogens with one attached hydrogen (secondary N) is 1. The zero-order valence-corrected chi connectivity index (χ0v) is 6.52. The fraction of sp³-hybridized carbons (Fsp3) is 1.00. The van der Waals surface area contributed by atoms with Gasteiger partial charge >= 0.3 is 0 Å². The molecule has 2 nitrogen and oxygen atoms in total. The number of rotatable bonds is 4. The van der Waals surface area contributed by atoms with Crippen molar-refractivity contribution in [1.29, 1.82) is 0 Å². The van der Waals surface area contributed by atoms with Crippen LogP contribution >= 0.6 is 0 Å². The number of hydrogen-bond donors (Lipinski definition) is 2. The lowest BCUT2D eigenvalue weighted by Crippen LogP contribution is -2.28. The van der Waals surface area contributed by atoms with Crippen LogP contribution in [0.5, 0.6) is 0 Å².